The molecular formula is C19H20N2O. The van der Waals surface area contributed by atoms with Crippen LogP contribution in [0, 0.1) is 0 Å². The van der Waals surface area contributed by atoms with Crippen molar-refractivity contribution in [1.82, 2.24) is 5.32 Å². The Hall–Kier alpha value is -2.68. The second kappa shape index (κ2) is 5.98. The zero-order chi connectivity index (χ0) is 15.5. The Labute approximate surface area is 130 Å². The maximum Gasteiger partial charge on any atom is 0.150 e. The van der Waals surface area contributed by atoms with Crippen LogP contribution in [-0.2, 0) is 0 Å². The molecule has 0 amide bonds. The largest absolute Gasteiger partial charge is 0.454 e. The van der Waals surface area contributed by atoms with E-state index in [-0.39, 0.29) is 0 Å². The van der Waals surface area contributed by atoms with Gasteiger partial charge in [-0.3, -0.25) is 0 Å². The summed E-state index contributed by atoms with van der Waals surface area (Å²) >= 11 is 0. The number of benzene rings is 2. The van der Waals surface area contributed by atoms with Gasteiger partial charge in [0.1, 0.15) is 5.58 Å². The second-order valence-electron chi connectivity index (χ2n) is 5.36. The highest BCUT2D eigenvalue weighted by Gasteiger charge is 2.11. The summed E-state index contributed by atoms with van der Waals surface area (Å²) in [6, 6.07) is 16.0. The van der Waals surface area contributed by atoms with Crippen LogP contribution >= 0.6 is 0 Å². The standard InChI is InChI=1S/C19H20N2O/c1-3-11-21-13(2)18-12-15-5-4-6-17(19(15)22-18)14-7-9-16(20)10-8-14/h4-10,12,21H,2-3,11,20H2,1H3. The van der Waals surface area contributed by atoms with Crippen molar-refractivity contribution in [3.05, 3.63) is 60.9 Å². The number of rotatable bonds is 5. The van der Waals surface area contributed by atoms with Crippen LogP contribution in [-0.4, -0.2) is 6.54 Å². The molecule has 3 nitrogen and oxygen atoms in total. The Balaban J connectivity index is 2.03. The molecule has 0 radical (unpaired) electrons. The average Bonchev–Trinajstić information content (AvgIpc) is 2.97. The third kappa shape index (κ3) is 2.70. The highest BCUT2D eigenvalue weighted by Crippen LogP contribution is 2.32. The van der Waals surface area contributed by atoms with Gasteiger partial charge in [-0.05, 0) is 30.2 Å². The first kappa shape index (κ1) is 14.3. The Bertz CT molecular complexity index is 800. The number of nitrogen functional groups attached to an aromatic ring is 1. The number of hydrogen-bond acceptors (Lipinski definition) is 3. The summed E-state index contributed by atoms with van der Waals surface area (Å²) in [7, 11) is 0. The lowest BCUT2D eigenvalue weighted by Gasteiger charge is -2.05. The lowest BCUT2D eigenvalue weighted by molar-refractivity contribution is 0.592. The molecule has 0 saturated carbocycles. The molecule has 0 saturated heterocycles. The van der Waals surface area contributed by atoms with Gasteiger partial charge in [-0.2, -0.15) is 0 Å². The lowest BCUT2D eigenvalue weighted by Crippen LogP contribution is -2.11. The van der Waals surface area contributed by atoms with Crippen molar-refractivity contribution in [2.45, 2.75) is 13.3 Å². The molecule has 2 aromatic carbocycles. The van der Waals surface area contributed by atoms with Crippen LogP contribution in [0.1, 0.15) is 19.1 Å². The van der Waals surface area contributed by atoms with Crippen molar-refractivity contribution in [2.24, 2.45) is 0 Å². The highest BCUT2D eigenvalue weighted by molar-refractivity contribution is 5.94. The number of nitrogens with one attached hydrogen (secondary N) is 1. The van der Waals surface area contributed by atoms with E-state index in [0.717, 1.165) is 52.2 Å². The van der Waals surface area contributed by atoms with E-state index < -0.39 is 0 Å². The predicted octanol–water partition coefficient (Wildman–Crippen LogP) is 4.65. The quantitative estimate of drug-likeness (QED) is 0.673. The molecule has 3 N–H and O–H groups in total. The topological polar surface area (TPSA) is 51.2 Å². The monoisotopic (exact) mass is 292 g/mol. The van der Waals surface area contributed by atoms with Gasteiger partial charge in [0.05, 0.1) is 5.70 Å². The zero-order valence-corrected chi connectivity index (χ0v) is 12.7. The fourth-order valence-corrected chi connectivity index (χ4v) is 2.46. The van der Waals surface area contributed by atoms with Gasteiger partial charge in [-0.15, -0.1) is 0 Å². The molecule has 0 fully saturated rings. The van der Waals surface area contributed by atoms with E-state index in [1.54, 1.807) is 0 Å². The van der Waals surface area contributed by atoms with Crippen molar-refractivity contribution in [3.8, 4) is 11.1 Å². The van der Waals surface area contributed by atoms with Gasteiger partial charge in [-0.25, -0.2) is 0 Å². The van der Waals surface area contributed by atoms with E-state index in [4.69, 9.17) is 10.2 Å². The van der Waals surface area contributed by atoms with Crippen molar-refractivity contribution in [2.75, 3.05) is 12.3 Å². The molecular weight excluding hydrogens is 272 g/mol. The minimum absolute atomic E-state index is 0.758. The number of nitrogens with two attached hydrogens (primary N) is 1. The molecule has 0 aliphatic rings. The molecule has 112 valence electrons. The number of furan rings is 1. The fourth-order valence-electron chi connectivity index (χ4n) is 2.46. The molecule has 3 heteroatoms. The van der Waals surface area contributed by atoms with Gasteiger partial charge in [0.2, 0.25) is 0 Å². The van der Waals surface area contributed by atoms with Crippen molar-refractivity contribution in [1.29, 1.82) is 0 Å². The Kier molecular flexibility index (Phi) is 3.88. The summed E-state index contributed by atoms with van der Waals surface area (Å²) in [5.74, 6) is 0.784. The third-order valence-electron chi connectivity index (χ3n) is 3.65. The minimum atomic E-state index is 0.758. The molecule has 0 bridgehead atoms. The molecule has 3 rings (SSSR count). The molecule has 0 aliphatic carbocycles. The number of hydrogen-bond donors (Lipinski definition) is 2. The van der Waals surface area contributed by atoms with Gasteiger partial charge >= 0.3 is 0 Å². The van der Waals surface area contributed by atoms with Gasteiger partial charge in [0.25, 0.3) is 0 Å². The SMILES string of the molecule is C=C(NCCC)c1cc2cccc(-c3ccc(N)cc3)c2o1. The molecule has 0 spiro atoms. The van der Waals surface area contributed by atoms with Crippen LogP contribution in [0.25, 0.3) is 27.8 Å². The first-order valence-electron chi connectivity index (χ1n) is 7.50. The predicted molar refractivity (Wildman–Crippen MR) is 93.4 cm³/mol. The fraction of sp³-hybridized carbons (Fsp3) is 0.158. The minimum Gasteiger partial charge on any atom is -0.454 e. The number of anilines is 1. The van der Waals surface area contributed by atoms with E-state index in [0.29, 0.717) is 0 Å². The maximum atomic E-state index is 6.05. The summed E-state index contributed by atoms with van der Waals surface area (Å²) in [6.07, 6.45) is 1.05. The van der Waals surface area contributed by atoms with Crippen LogP contribution in [0.5, 0.6) is 0 Å². The van der Waals surface area contributed by atoms with Gasteiger partial charge in [0.15, 0.2) is 5.76 Å². The molecule has 0 aliphatic heterocycles. The van der Waals surface area contributed by atoms with E-state index in [2.05, 4.69) is 31.0 Å². The average molecular weight is 292 g/mol. The van der Waals surface area contributed by atoms with E-state index in [1.165, 1.54) is 0 Å². The van der Waals surface area contributed by atoms with E-state index >= 15 is 0 Å². The first-order valence-corrected chi connectivity index (χ1v) is 7.50. The summed E-state index contributed by atoms with van der Waals surface area (Å²) in [5.41, 5.74) is 10.4. The summed E-state index contributed by atoms with van der Waals surface area (Å²) in [5, 5.41) is 4.34. The van der Waals surface area contributed by atoms with Crippen LogP contribution in [0.4, 0.5) is 5.69 Å². The highest BCUT2D eigenvalue weighted by atomic mass is 16.3. The Morgan fingerprint density at radius 3 is 2.68 bits per heavy atom. The van der Waals surface area contributed by atoms with Gasteiger partial charge in [0, 0.05) is 23.2 Å². The molecule has 1 heterocycles. The van der Waals surface area contributed by atoms with Gasteiger partial charge in [-0.1, -0.05) is 43.8 Å². The summed E-state index contributed by atoms with van der Waals surface area (Å²) < 4.78 is 6.05. The van der Waals surface area contributed by atoms with Crippen LogP contribution in [0.3, 0.4) is 0 Å². The normalized spacial score (nSPS) is 10.8. The Morgan fingerprint density at radius 2 is 1.95 bits per heavy atom. The van der Waals surface area contributed by atoms with E-state index in [1.807, 2.05) is 36.4 Å². The van der Waals surface area contributed by atoms with Crippen molar-refractivity contribution >= 4 is 22.4 Å². The van der Waals surface area contributed by atoms with E-state index in [9.17, 15) is 0 Å². The molecule has 22 heavy (non-hydrogen) atoms. The van der Waals surface area contributed by atoms with Crippen LogP contribution in [0.15, 0.2) is 59.5 Å². The van der Waals surface area contributed by atoms with Crippen molar-refractivity contribution in [3.63, 3.8) is 0 Å². The summed E-state index contributed by atoms with van der Waals surface area (Å²) in [4.78, 5) is 0. The molecule has 0 atom stereocenters. The summed E-state index contributed by atoms with van der Waals surface area (Å²) in [6.45, 7) is 7.06. The smallest absolute Gasteiger partial charge is 0.150 e. The van der Waals surface area contributed by atoms with Crippen LogP contribution in [0.2, 0.25) is 0 Å². The third-order valence-corrected chi connectivity index (χ3v) is 3.65. The molecule has 1 aromatic heterocycles. The zero-order valence-electron chi connectivity index (χ0n) is 12.7. The van der Waals surface area contributed by atoms with Crippen molar-refractivity contribution < 1.29 is 4.42 Å². The second-order valence-corrected chi connectivity index (χ2v) is 5.36. The molecule has 0 unspecified atom stereocenters. The first-order chi connectivity index (χ1) is 10.7. The lowest BCUT2D eigenvalue weighted by atomic mass is 10.0. The van der Waals surface area contributed by atoms with Crippen LogP contribution < -0.4 is 11.1 Å². The van der Waals surface area contributed by atoms with Gasteiger partial charge < -0.3 is 15.5 Å². The maximum absolute atomic E-state index is 6.05. The number of para-hydroxylation sites is 1. The molecule has 3 aromatic rings. The number of fused-ring (bicyclic) bond motifs is 1. The Morgan fingerprint density at radius 1 is 1.18 bits per heavy atom.